The molecular weight excluding hydrogens is 238 g/mol. The van der Waals surface area contributed by atoms with Crippen LogP contribution in [0.25, 0.3) is 0 Å². The van der Waals surface area contributed by atoms with Gasteiger partial charge in [0.2, 0.25) is 0 Å². The highest BCUT2D eigenvalue weighted by Gasteiger charge is 2.19. The van der Waals surface area contributed by atoms with E-state index in [1.165, 1.54) is 18.9 Å². The fourth-order valence-corrected chi connectivity index (χ4v) is 2.83. The van der Waals surface area contributed by atoms with Gasteiger partial charge in [0.25, 0.3) is 0 Å². The maximum absolute atomic E-state index is 13.4. The summed E-state index contributed by atoms with van der Waals surface area (Å²) in [6.45, 7) is 0. The molecule has 1 aromatic carbocycles. The standard InChI is InChI=1S/C14H18F2S/c15-13-3-1-2-11(14(13)16)7-4-10-5-8-12(17)9-6-10/h1-3,10,12,17H,4-9H2. The second-order valence-corrected chi connectivity index (χ2v) is 5.66. The number of hydrogen-bond acceptors (Lipinski definition) is 1. The van der Waals surface area contributed by atoms with Crippen molar-refractivity contribution in [2.45, 2.75) is 43.8 Å². The van der Waals surface area contributed by atoms with Crippen LogP contribution in [0, 0.1) is 17.6 Å². The van der Waals surface area contributed by atoms with Crippen LogP contribution in [0.5, 0.6) is 0 Å². The third kappa shape index (κ3) is 3.44. The van der Waals surface area contributed by atoms with Gasteiger partial charge >= 0.3 is 0 Å². The van der Waals surface area contributed by atoms with Crippen molar-refractivity contribution in [1.29, 1.82) is 0 Å². The van der Waals surface area contributed by atoms with Gasteiger partial charge in [-0.3, -0.25) is 0 Å². The number of benzene rings is 1. The average molecular weight is 256 g/mol. The summed E-state index contributed by atoms with van der Waals surface area (Å²) < 4.78 is 26.4. The zero-order valence-electron chi connectivity index (χ0n) is 9.83. The molecule has 0 aromatic heterocycles. The molecule has 0 aliphatic heterocycles. The summed E-state index contributed by atoms with van der Waals surface area (Å²) in [5, 5.41) is 0.539. The largest absolute Gasteiger partial charge is 0.204 e. The maximum atomic E-state index is 13.4. The summed E-state index contributed by atoms with van der Waals surface area (Å²) in [5.41, 5.74) is 0.512. The van der Waals surface area contributed by atoms with Gasteiger partial charge in [0.1, 0.15) is 0 Å². The number of thiol groups is 1. The maximum Gasteiger partial charge on any atom is 0.162 e. The van der Waals surface area contributed by atoms with E-state index in [4.69, 9.17) is 0 Å². The van der Waals surface area contributed by atoms with Crippen LogP contribution in [0.4, 0.5) is 8.78 Å². The Labute approximate surface area is 107 Å². The summed E-state index contributed by atoms with van der Waals surface area (Å²) in [6.07, 6.45) is 6.25. The fraction of sp³-hybridized carbons (Fsp3) is 0.571. The first-order chi connectivity index (χ1) is 8.16. The van der Waals surface area contributed by atoms with Crippen LogP contribution in [-0.2, 0) is 6.42 Å². The normalized spacial score (nSPS) is 24.9. The lowest BCUT2D eigenvalue weighted by atomic mass is 9.85. The molecule has 0 N–H and O–H groups in total. The van der Waals surface area contributed by atoms with E-state index < -0.39 is 11.6 Å². The minimum atomic E-state index is -0.735. The molecule has 0 unspecified atom stereocenters. The van der Waals surface area contributed by atoms with Crippen LogP contribution < -0.4 is 0 Å². The monoisotopic (exact) mass is 256 g/mol. The minimum Gasteiger partial charge on any atom is -0.204 e. The van der Waals surface area contributed by atoms with Crippen LogP contribution in [-0.4, -0.2) is 5.25 Å². The highest BCUT2D eigenvalue weighted by molar-refractivity contribution is 7.80. The fourth-order valence-electron chi connectivity index (χ4n) is 2.53. The average Bonchev–Trinajstić information content (AvgIpc) is 2.33. The molecule has 0 heterocycles. The molecule has 0 bridgehead atoms. The second kappa shape index (κ2) is 5.85. The Morgan fingerprint density at radius 1 is 1.12 bits per heavy atom. The van der Waals surface area contributed by atoms with Crippen LogP contribution >= 0.6 is 12.6 Å². The van der Waals surface area contributed by atoms with Gasteiger partial charge in [-0.25, -0.2) is 8.78 Å². The van der Waals surface area contributed by atoms with Crippen LogP contribution in [0.15, 0.2) is 18.2 Å². The quantitative estimate of drug-likeness (QED) is 0.762. The van der Waals surface area contributed by atoms with Gasteiger partial charge in [0.05, 0.1) is 0 Å². The van der Waals surface area contributed by atoms with Gasteiger partial charge in [-0.05, 0) is 56.1 Å². The molecule has 3 heteroatoms. The van der Waals surface area contributed by atoms with Crippen molar-refractivity contribution in [2.24, 2.45) is 5.92 Å². The number of rotatable bonds is 3. The Hall–Kier alpha value is -0.570. The third-order valence-corrected chi connectivity index (χ3v) is 4.19. The molecule has 0 saturated heterocycles. The molecule has 1 aliphatic carbocycles. The first-order valence-electron chi connectivity index (χ1n) is 6.27. The van der Waals surface area contributed by atoms with Crippen LogP contribution in [0.2, 0.25) is 0 Å². The van der Waals surface area contributed by atoms with E-state index in [2.05, 4.69) is 12.6 Å². The molecule has 0 nitrogen and oxygen atoms in total. The highest BCUT2D eigenvalue weighted by Crippen LogP contribution is 2.30. The van der Waals surface area contributed by atoms with Gasteiger partial charge < -0.3 is 0 Å². The van der Waals surface area contributed by atoms with Crippen molar-refractivity contribution in [3.05, 3.63) is 35.4 Å². The minimum absolute atomic E-state index is 0.512. The lowest BCUT2D eigenvalue weighted by Gasteiger charge is -2.25. The summed E-state index contributed by atoms with van der Waals surface area (Å²) in [5.74, 6) is -0.752. The summed E-state index contributed by atoms with van der Waals surface area (Å²) >= 11 is 4.46. The van der Waals surface area contributed by atoms with E-state index in [1.54, 1.807) is 12.1 Å². The van der Waals surface area contributed by atoms with Gasteiger partial charge in [0, 0.05) is 5.25 Å². The summed E-state index contributed by atoms with van der Waals surface area (Å²) in [6, 6.07) is 4.44. The lowest BCUT2D eigenvalue weighted by Crippen LogP contribution is -2.15. The molecule has 17 heavy (non-hydrogen) atoms. The number of hydrogen-bond donors (Lipinski definition) is 1. The SMILES string of the molecule is Fc1cccc(CCC2CCC(S)CC2)c1F. The predicted molar refractivity (Wildman–Crippen MR) is 69.4 cm³/mol. The van der Waals surface area contributed by atoms with Crippen molar-refractivity contribution in [3.63, 3.8) is 0 Å². The smallest absolute Gasteiger partial charge is 0.162 e. The summed E-state index contributed by atoms with van der Waals surface area (Å²) in [7, 11) is 0. The molecular formula is C14H18F2S. The van der Waals surface area contributed by atoms with Gasteiger partial charge in [-0.15, -0.1) is 0 Å². The van der Waals surface area contributed by atoms with Crippen molar-refractivity contribution >= 4 is 12.6 Å². The Morgan fingerprint density at radius 2 is 1.82 bits per heavy atom. The first kappa shape index (κ1) is 12.9. The first-order valence-corrected chi connectivity index (χ1v) is 6.79. The predicted octanol–water partition coefficient (Wildman–Crippen LogP) is 4.39. The molecule has 1 aliphatic rings. The second-order valence-electron chi connectivity index (χ2n) is 4.93. The molecule has 0 spiro atoms. The van der Waals surface area contributed by atoms with E-state index in [1.807, 2.05) is 0 Å². The lowest BCUT2D eigenvalue weighted by molar-refractivity contribution is 0.344. The Kier molecular flexibility index (Phi) is 4.43. The van der Waals surface area contributed by atoms with Crippen molar-refractivity contribution in [1.82, 2.24) is 0 Å². The van der Waals surface area contributed by atoms with E-state index in [9.17, 15) is 8.78 Å². The van der Waals surface area contributed by atoms with Gasteiger partial charge in [-0.1, -0.05) is 12.1 Å². The molecule has 1 aromatic rings. The van der Waals surface area contributed by atoms with E-state index >= 15 is 0 Å². The topological polar surface area (TPSA) is 0 Å². The van der Waals surface area contributed by atoms with Crippen molar-refractivity contribution in [2.75, 3.05) is 0 Å². The van der Waals surface area contributed by atoms with E-state index in [-0.39, 0.29) is 0 Å². The van der Waals surface area contributed by atoms with Crippen molar-refractivity contribution in [3.8, 4) is 0 Å². The summed E-state index contributed by atoms with van der Waals surface area (Å²) in [4.78, 5) is 0. The number of aryl methyl sites for hydroxylation is 1. The Bertz CT molecular complexity index is 370. The van der Waals surface area contributed by atoms with Crippen molar-refractivity contribution < 1.29 is 8.78 Å². The number of halogens is 2. The molecule has 0 atom stereocenters. The molecule has 1 saturated carbocycles. The zero-order chi connectivity index (χ0) is 12.3. The Morgan fingerprint density at radius 3 is 2.53 bits per heavy atom. The van der Waals surface area contributed by atoms with Crippen LogP contribution in [0.1, 0.15) is 37.7 Å². The Balaban J connectivity index is 1.87. The van der Waals surface area contributed by atoms with Gasteiger partial charge in [0.15, 0.2) is 11.6 Å². The molecule has 0 amide bonds. The highest BCUT2D eigenvalue weighted by atomic mass is 32.1. The van der Waals surface area contributed by atoms with Crippen LogP contribution in [0.3, 0.4) is 0 Å². The third-order valence-electron chi connectivity index (χ3n) is 3.67. The molecule has 94 valence electrons. The molecule has 0 radical (unpaired) electrons. The zero-order valence-corrected chi connectivity index (χ0v) is 10.7. The van der Waals surface area contributed by atoms with E-state index in [0.717, 1.165) is 19.3 Å². The molecule has 1 fully saturated rings. The van der Waals surface area contributed by atoms with E-state index in [0.29, 0.717) is 23.2 Å². The molecule has 2 rings (SSSR count). The van der Waals surface area contributed by atoms with Gasteiger partial charge in [-0.2, -0.15) is 12.6 Å².